The third-order valence-electron chi connectivity index (χ3n) is 4.80. The molecule has 0 amide bonds. The molecule has 25 heavy (non-hydrogen) atoms. The molecule has 0 spiro atoms. The average Bonchev–Trinajstić information content (AvgIpc) is 2.91. The maximum atomic E-state index is 12.1. The zero-order valence-corrected chi connectivity index (χ0v) is 14.6. The molecule has 2 aromatic heterocycles. The number of fused-ring (bicyclic) bond motifs is 2. The van der Waals surface area contributed by atoms with Crippen molar-refractivity contribution in [3.8, 4) is 16.9 Å². The predicted molar refractivity (Wildman–Crippen MR) is 98.5 cm³/mol. The zero-order chi connectivity index (χ0) is 17.7. The number of ether oxygens (including phenoxy) is 1. The van der Waals surface area contributed by atoms with Crippen molar-refractivity contribution in [3.05, 3.63) is 63.7 Å². The molecule has 0 aliphatic carbocycles. The van der Waals surface area contributed by atoms with Gasteiger partial charge in [0.1, 0.15) is 22.7 Å². The molecule has 0 atom stereocenters. The Bertz CT molecular complexity index is 1160. The van der Waals surface area contributed by atoms with E-state index < -0.39 is 0 Å². The Labute approximate surface area is 144 Å². The summed E-state index contributed by atoms with van der Waals surface area (Å²) in [4.78, 5) is 12.1. The van der Waals surface area contributed by atoms with Crippen LogP contribution in [0.5, 0.6) is 5.75 Å². The van der Waals surface area contributed by atoms with Crippen LogP contribution in [0.2, 0.25) is 0 Å². The van der Waals surface area contributed by atoms with Gasteiger partial charge in [0.15, 0.2) is 0 Å². The van der Waals surface area contributed by atoms with Gasteiger partial charge in [-0.2, -0.15) is 0 Å². The van der Waals surface area contributed by atoms with E-state index in [2.05, 4.69) is 0 Å². The summed E-state index contributed by atoms with van der Waals surface area (Å²) in [6, 6.07) is 11.2. The van der Waals surface area contributed by atoms with Crippen LogP contribution in [0.15, 0.2) is 50.0 Å². The molecule has 0 saturated heterocycles. The lowest BCUT2D eigenvalue weighted by atomic mass is 9.98. The molecule has 0 unspecified atom stereocenters. The van der Waals surface area contributed by atoms with Crippen molar-refractivity contribution < 1.29 is 13.6 Å². The van der Waals surface area contributed by atoms with Crippen LogP contribution in [0.1, 0.15) is 16.9 Å². The maximum Gasteiger partial charge on any atom is 0.336 e. The molecule has 2 aromatic carbocycles. The van der Waals surface area contributed by atoms with Gasteiger partial charge in [-0.05, 0) is 55.7 Å². The minimum Gasteiger partial charge on any atom is -0.497 e. The SMILES string of the molecule is COc1ccc(-c2cc(=O)oc3c(C)c4oc(C)c(C)c4cc23)cc1. The molecule has 0 aliphatic heterocycles. The monoisotopic (exact) mass is 334 g/mol. The quantitative estimate of drug-likeness (QED) is 0.476. The fourth-order valence-electron chi connectivity index (χ4n) is 3.28. The molecule has 4 heteroatoms. The maximum absolute atomic E-state index is 12.1. The highest BCUT2D eigenvalue weighted by Gasteiger charge is 2.17. The zero-order valence-electron chi connectivity index (χ0n) is 14.6. The van der Waals surface area contributed by atoms with E-state index in [0.717, 1.165) is 50.1 Å². The summed E-state index contributed by atoms with van der Waals surface area (Å²) in [6.45, 7) is 5.91. The van der Waals surface area contributed by atoms with E-state index >= 15 is 0 Å². The Kier molecular flexibility index (Phi) is 3.42. The van der Waals surface area contributed by atoms with Crippen LogP contribution >= 0.6 is 0 Å². The fourth-order valence-corrected chi connectivity index (χ4v) is 3.28. The number of furan rings is 1. The molecule has 0 saturated carbocycles. The molecular weight excluding hydrogens is 316 g/mol. The summed E-state index contributed by atoms with van der Waals surface area (Å²) in [6.07, 6.45) is 0. The van der Waals surface area contributed by atoms with Gasteiger partial charge in [-0.1, -0.05) is 12.1 Å². The molecule has 0 bridgehead atoms. The van der Waals surface area contributed by atoms with Gasteiger partial charge in [-0.25, -0.2) is 4.79 Å². The van der Waals surface area contributed by atoms with E-state index in [1.807, 2.05) is 51.1 Å². The average molecular weight is 334 g/mol. The summed E-state index contributed by atoms with van der Waals surface area (Å²) < 4.78 is 16.6. The smallest absolute Gasteiger partial charge is 0.336 e. The first-order valence-electron chi connectivity index (χ1n) is 8.11. The fraction of sp³-hybridized carbons (Fsp3) is 0.190. The molecule has 0 N–H and O–H groups in total. The summed E-state index contributed by atoms with van der Waals surface area (Å²) in [5.74, 6) is 1.65. The summed E-state index contributed by atoms with van der Waals surface area (Å²) in [5.41, 5.74) is 4.70. The lowest BCUT2D eigenvalue weighted by Crippen LogP contribution is -1.99. The van der Waals surface area contributed by atoms with E-state index in [1.165, 1.54) is 6.07 Å². The third kappa shape index (κ3) is 2.33. The van der Waals surface area contributed by atoms with Crippen LogP contribution in [0.25, 0.3) is 33.1 Å². The van der Waals surface area contributed by atoms with Gasteiger partial charge in [0.05, 0.1) is 7.11 Å². The molecule has 126 valence electrons. The normalized spacial score (nSPS) is 11.4. The number of benzene rings is 2. The Hall–Kier alpha value is -3.01. The molecule has 0 aliphatic rings. The third-order valence-corrected chi connectivity index (χ3v) is 4.80. The second kappa shape index (κ2) is 5.52. The Balaban J connectivity index is 2.11. The number of hydrogen-bond donors (Lipinski definition) is 0. The van der Waals surface area contributed by atoms with Crippen molar-refractivity contribution in [2.24, 2.45) is 0 Å². The first kappa shape index (κ1) is 15.5. The summed E-state index contributed by atoms with van der Waals surface area (Å²) in [7, 11) is 1.63. The molecule has 4 rings (SSSR count). The molecule has 0 radical (unpaired) electrons. The van der Waals surface area contributed by atoms with E-state index in [0.29, 0.717) is 5.58 Å². The number of aryl methyl sites for hydroxylation is 3. The minimum atomic E-state index is -0.374. The van der Waals surface area contributed by atoms with Crippen molar-refractivity contribution in [1.82, 2.24) is 0 Å². The van der Waals surface area contributed by atoms with Gasteiger partial charge >= 0.3 is 5.63 Å². The van der Waals surface area contributed by atoms with Gasteiger partial charge in [0.25, 0.3) is 0 Å². The Morgan fingerprint density at radius 1 is 0.840 bits per heavy atom. The molecule has 0 fully saturated rings. The van der Waals surface area contributed by atoms with Gasteiger partial charge in [0.2, 0.25) is 0 Å². The number of methoxy groups -OCH3 is 1. The minimum absolute atomic E-state index is 0.374. The molecular formula is C21H18O4. The van der Waals surface area contributed by atoms with Crippen molar-refractivity contribution in [2.45, 2.75) is 20.8 Å². The first-order chi connectivity index (χ1) is 12.0. The van der Waals surface area contributed by atoms with Crippen LogP contribution in [0.3, 0.4) is 0 Å². The van der Waals surface area contributed by atoms with Crippen LogP contribution < -0.4 is 10.4 Å². The van der Waals surface area contributed by atoms with Gasteiger partial charge in [0, 0.05) is 22.4 Å². The van der Waals surface area contributed by atoms with E-state index in [9.17, 15) is 4.79 Å². The lowest BCUT2D eigenvalue weighted by molar-refractivity contribution is 0.415. The topological polar surface area (TPSA) is 52.6 Å². The van der Waals surface area contributed by atoms with Crippen LogP contribution in [0, 0.1) is 20.8 Å². The molecule has 2 heterocycles. The number of rotatable bonds is 2. The molecule has 4 aromatic rings. The van der Waals surface area contributed by atoms with Crippen molar-refractivity contribution in [1.29, 1.82) is 0 Å². The largest absolute Gasteiger partial charge is 0.497 e. The van der Waals surface area contributed by atoms with Crippen LogP contribution in [-0.2, 0) is 0 Å². The second-order valence-electron chi connectivity index (χ2n) is 6.25. The van der Waals surface area contributed by atoms with Crippen molar-refractivity contribution in [2.75, 3.05) is 7.11 Å². The van der Waals surface area contributed by atoms with E-state index in [-0.39, 0.29) is 5.63 Å². The number of hydrogen-bond acceptors (Lipinski definition) is 4. The standard InChI is InChI=1S/C21H18O4/c1-11-13(3)24-20-12(2)21-18(9-16(11)20)17(10-19(22)25-21)14-5-7-15(23-4)8-6-14/h5-10H,1-4H3. The van der Waals surface area contributed by atoms with Crippen molar-refractivity contribution >= 4 is 21.9 Å². The van der Waals surface area contributed by atoms with Crippen LogP contribution in [-0.4, -0.2) is 7.11 Å². The van der Waals surface area contributed by atoms with Crippen molar-refractivity contribution in [3.63, 3.8) is 0 Å². The molecule has 4 nitrogen and oxygen atoms in total. The predicted octanol–water partition coefficient (Wildman–Crippen LogP) is 5.14. The Morgan fingerprint density at radius 3 is 2.20 bits per heavy atom. The highest BCUT2D eigenvalue weighted by Crippen LogP contribution is 2.37. The second-order valence-corrected chi connectivity index (χ2v) is 6.25. The van der Waals surface area contributed by atoms with Gasteiger partial charge in [-0.15, -0.1) is 0 Å². The lowest BCUT2D eigenvalue weighted by Gasteiger charge is -2.09. The Morgan fingerprint density at radius 2 is 1.52 bits per heavy atom. The van der Waals surface area contributed by atoms with Gasteiger partial charge in [-0.3, -0.25) is 0 Å². The van der Waals surface area contributed by atoms with Crippen LogP contribution in [0.4, 0.5) is 0 Å². The summed E-state index contributed by atoms with van der Waals surface area (Å²) >= 11 is 0. The van der Waals surface area contributed by atoms with E-state index in [1.54, 1.807) is 7.11 Å². The first-order valence-corrected chi connectivity index (χ1v) is 8.11. The van der Waals surface area contributed by atoms with Gasteiger partial charge < -0.3 is 13.6 Å². The van der Waals surface area contributed by atoms with E-state index in [4.69, 9.17) is 13.6 Å². The highest BCUT2D eigenvalue weighted by atomic mass is 16.5. The highest BCUT2D eigenvalue weighted by molar-refractivity contribution is 6.04. The summed E-state index contributed by atoms with van der Waals surface area (Å²) in [5, 5.41) is 1.95.